The van der Waals surface area contributed by atoms with Crippen molar-refractivity contribution in [1.82, 2.24) is 0 Å². The molecule has 0 bridgehead atoms. The summed E-state index contributed by atoms with van der Waals surface area (Å²) in [5.41, 5.74) is 1.23. The highest BCUT2D eigenvalue weighted by Gasteiger charge is 2.37. The van der Waals surface area contributed by atoms with Crippen LogP contribution in [0.4, 0.5) is 0 Å². The number of rotatable bonds is 7. The van der Waals surface area contributed by atoms with Crippen LogP contribution in [-0.2, 0) is 4.43 Å². The molecule has 120 valence electrons. The normalized spacial score (nSPS) is 14.2. The Kier molecular flexibility index (Phi) is 6.92. The molecule has 1 N–H and O–H groups in total. The third kappa shape index (κ3) is 5.74. The van der Waals surface area contributed by atoms with Gasteiger partial charge >= 0.3 is 0 Å². The predicted octanol–water partition coefficient (Wildman–Crippen LogP) is 5.22. The first kappa shape index (κ1) is 18.7. The molecule has 1 aromatic rings. The minimum Gasteiger partial charge on any atom is -0.417 e. The maximum Gasteiger partial charge on any atom is 0.191 e. The number of hydrogen-bond acceptors (Lipinski definition) is 2. The first-order chi connectivity index (χ1) is 9.67. The van der Waals surface area contributed by atoms with Gasteiger partial charge in [0, 0.05) is 18.2 Å². The monoisotopic (exact) mass is 328 g/mol. The third-order valence-corrected chi connectivity index (χ3v) is 9.34. The van der Waals surface area contributed by atoms with Crippen LogP contribution in [0, 0.1) is 0 Å². The SMILES string of the molecule is CC(C)(C)[Si](C)(C)OCCC(CCO)c1ccc(Cl)cc1. The molecule has 0 spiro atoms. The van der Waals surface area contributed by atoms with Crippen molar-refractivity contribution in [3.05, 3.63) is 34.9 Å². The fourth-order valence-corrected chi connectivity index (χ4v) is 3.23. The van der Waals surface area contributed by atoms with Crippen molar-refractivity contribution >= 4 is 19.9 Å². The number of aliphatic hydroxyl groups is 1. The number of aliphatic hydroxyl groups excluding tert-OH is 1. The summed E-state index contributed by atoms with van der Waals surface area (Å²) in [5, 5.41) is 10.3. The highest BCUT2D eigenvalue weighted by Crippen LogP contribution is 2.37. The smallest absolute Gasteiger partial charge is 0.191 e. The van der Waals surface area contributed by atoms with E-state index in [9.17, 15) is 5.11 Å². The lowest BCUT2D eigenvalue weighted by Gasteiger charge is -2.36. The number of benzene rings is 1. The molecule has 4 heteroatoms. The van der Waals surface area contributed by atoms with Crippen molar-refractivity contribution in [2.45, 2.75) is 57.7 Å². The van der Waals surface area contributed by atoms with Crippen molar-refractivity contribution in [2.24, 2.45) is 0 Å². The molecule has 0 saturated carbocycles. The fourth-order valence-electron chi connectivity index (χ4n) is 2.04. The van der Waals surface area contributed by atoms with Crippen LogP contribution in [0.2, 0.25) is 23.2 Å². The average molecular weight is 329 g/mol. The molecule has 0 aliphatic heterocycles. The molecule has 2 nitrogen and oxygen atoms in total. The minimum absolute atomic E-state index is 0.202. The first-order valence-electron chi connectivity index (χ1n) is 7.67. The van der Waals surface area contributed by atoms with Gasteiger partial charge in [0.1, 0.15) is 0 Å². The molecule has 1 unspecified atom stereocenters. The summed E-state index contributed by atoms with van der Waals surface area (Å²) in [6.07, 6.45) is 1.71. The molecule has 0 heterocycles. The van der Waals surface area contributed by atoms with E-state index in [1.807, 2.05) is 12.1 Å². The standard InChI is InChI=1S/C17H29ClO2Si/c1-17(2,3)21(4,5)20-13-11-15(10-12-19)14-6-8-16(18)9-7-14/h6-9,15,19H,10-13H2,1-5H3. The maximum absolute atomic E-state index is 9.28. The molecule has 0 fully saturated rings. The Balaban J connectivity index is 2.62. The van der Waals surface area contributed by atoms with Crippen LogP contribution < -0.4 is 0 Å². The highest BCUT2D eigenvalue weighted by atomic mass is 35.5. The Morgan fingerprint density at radius 1 is 1.14 bits per heavy atom. The molecule has 0 aliphatic carbocycles. The summed E-state index contributed by atoms with van der Waals surface area (Å²) in [4.78, 5) is 0. The van der Waals surface area contributed by atoms with Crippen molar-refractivity contribution in [3.8, 4) is 0 Å². The lowest BCUT2D eigenvalue weighted by Crippen LogP contribution is -2.41. The molecular formula is C17H29ClO2Si. The van der Waals surface area contributed by atoms with E-state index in [4.69, 9.17) is 16.0 Å². The molecule has 1 aromatic carbocycles. The second kappa shape index (κ2) is 7.77. The van der Waals surface area contributed by atoms with Crippen molar-refractivity contribution in [1.29, 1.82) is 0 Å². The average Bonchev–Trinajstić information content (AvgIpc) is 2.37. The van der Waals surface area contributed by atoms with E-state index in [0.717, 1.165) is 24.5 Å². The molecule has 0 radical (unpaired) electrons. The summed E-state index contributed by atoms with van der Waals surface area (Å²) >= 11 is 5.94. The van der Waals surface area contributed by atoms with E-state index in [-0.39, 0.29) is 11.6 Å². The predicted molar refractivity (Wildman–Crippen MR) is 93.7 cm³/mol. The van der Waals surface area contributed by atoms with E-state index in [1.165, 1.54) is 5.56 Å². The Hall–Kier alpha value is -0.353. The van der Waals surface area contributed by atoms with Crippen LogP contribution in [0.3, 0.4) is 0 Å². The van der Waals surface area contributed by atoms with E-state index < -0.39 is 8.32 Å². The lowest BCUT2D eigenvalue weighted by molar-refractivity contribution is 0.241. The second-order valence-electron chi connectivity index (χ2n) is 7.16. The minimum atomic E-state index is -1.69. The van der Waals surface area contributed by atoms with Gasteiger partial charge in [-0.15, -0.1) is 0 Å². The third-order valence-electron chi connectivity index (χ3n) is 4.55. The molecule has 0 saturated heterocycles. The summed E-state index contributed by atoms with van der Waals surface area (Å²) in [7, 11) is -1.69. The lowest BCUT2D eigenvalue weighted by atomic mass is 9.93. The molecule has 21 heavy (non-hydrogen) atoms. The van der Waals surface area contributed by atoms with E-state index in [0.29, 0.717) is 5.92 Å². The van der Waals surface area contributed by atoms with Gasteiger partial charge in [0.15, 0.2) is 8.32 Å². The largest absolute Gasteiger partial charge is 0.417 e. The van der Waals surface area contributed by atoms with E-state index in [1.54, 1.807) is 0 Å². The van der Waals surface area contributed by atoms with Crippen LogP contribution in [0.15, 0.2) is 24.3 Å². The zero-order chi connectivity index (χ0) is 16.1. The summed E-state index contributed by atoms with van der Waals surface area (Å²) in [5.74, 6) is 0.331. The van der Waals surface area contributed by atoms with Gasteiger partial charge in [0.2, 0.25) is 0 Å². The second-order valence-corrected chi connectivity index (χ2v) is 12.4. The zero-order valence-electron chi connectivity index (χ0n) is 13.9. The Labute approximate surface area is 135 Å². The topological polar surface area (TPSA) is 29.5 Å². The van der Waals surface area contributed by atoms with Gasteiger partial charge in [0.25, 0.3) is 0 Å². The molecule has 0 amide bonds. The molecule has 0 aromatic heterocycles. The number of halogens is 1. The summed E-state index contributed by atoms with van der Waals surface area (Å²) < 4.78 is 6.25. The van der Waals surface area contributed by atoms with Gasteiger partial charge in [-0.3, -0.25) is 0 Å². The highest BCUT2D eigenvalue weighted by molar-refractivity contribution is 6.74. The van der Waals surface area contributed by atoms with Gasteiger partial charge < -0.3 is 9.53 Å². The fraction of sp³-hybridized carbons (Fsp3) is 0.647. The first-order valence-corrected chi connectivity index (χ1v) is 11.0. The quantitative estimate of drug-likeness (QED) is 0.695. The molecule has 0 aliphatic rings. The van der Waals surface area contributed by atoms with E-state index in [2.05, 4.69) is 46.0 Å². The molecular weight excluding hydrogens is 300 g/mol. The summed E-state index contributed by atoms with van der Waals surface area (Å²) in [6.45, 7) is 12.3. The maximum atomic E-state index is 9.28. The van der Waals surface area contributed by atoms with Crippen LogP contribution in [0.5, 0.6) is 0 Å². The van der Waals surface area contributed by atoms with Crippen molar-refractivity contribution < 1.29 is 9.53 Å². The Morgan fingerprint density at radius 2 is 1.71 bits per heavy atom. The van der Waals surface area contributed by atoms with Gasteiger partial charge in [-0.05, 0) is 54.6 Å². The van der Waals surface area contributed by atoms with Gasteiger partial charge in [-0.2, -0.15) is 0 Å². The van der Waals surface area contributed by atoms with Gasteiger partial charge in [0.05, 0.1) is 0 Å². The van der Waals surface area contributed by atoms with Crippen molar-refractivity contribution in [2.75, 3.05) is 13.2 Å². The van der Waals surface area contributed by atoms with Crippen LogP contribution in [-0.4, -0.2) is 26.6 Å². The summed E-state index contributed by atoms with van der Waals surface area (Å²) in [6, 6.07) is 7.93. The zero-order valence-corrected chi connectivity index (χ0v) is 15.7. The van der Waals surface area contributed by atoms with E-state index >= 15 is 0 Å². The Morgan fingerprint density at radius 3 is 2.19 bits per heavy atom. The Bertz CT molecular complexity index is 423. The van der Waals surface area contributed by atoms with Gasteiger partial charge in [-0.1, -0.05) is 44.5 Å². The number of hydrogen-bond donors (Lipinski definition) is 1. The van der Waals surface area contributed by atoms with Crippen molar-refractivity contribution in [3.63, 3.8) is 0 Å². The van der Waals surface area contributed by atoms with Crippen LogP contribution >= 0.6 is 11.6 Å². The van der Waals surface area contributed by atoms with Crippen LogP contribution in [0.1, 0.15) is 45.1 Å². The molecule has 1 rings (SSSR count). The van der Waals surface area contributed by atoms with Crippen LogP contribution in [0.25, 0.3) is 0 Å². The van der Waals surface area contributed by atoms with Gasteiger partial charge in [-0.25, -0.2) is 0 Å². The molecule has 1 atom stereocenters.